The SMILES string of the molecule is Cc1ccc2c([C@H](O)C[NH+]3CCN(c4cccc(C)c4C)CC3)c(C)[nH]c2c1. The molecular formula is C24H32N3O+. The highest BCUT2D eigenvalue weighted by atomic mass is 16.3. The van der Waals surface area contributed by atoms with Gasteiger partial charge in [-0.05, 0) is 56.5 Å². The first-order valence-electron chi connectivity index (χ1n) is 10.4. The van der Waals surface area contributed by atoms with Crippen molar-refractivity contribution in [3.8, 4) is 0 Å². The zero-order valence-electron chi connectivity index (χ0n) is 17.5. The quantitative estimate of drug-likeness (QED) is 0.654. The second kappa shape index (κ2) is 7.61. The van der Waals surface area contributed by atoms with Gasteiger partial charge in [-0.15, -0.1) is 0 Å². The summed E-state index contributed by atoms with van der Waals surface area (Å²) in [6.07, 6.45) is -0.432. The normalized spacial score (nSPS) is 16.7. The molecule has 1 aliphatic rings. The van der Waals surface area contributed by atoms with Gasteiger partial charge in [0.25, 0.3) is 0 Å². The van der Waals surface area contributed by atoms with E-state index in [9.17, 15) is 5.11 Å². The molecule has 1 fully saturated rings. The van der Waals surface area contributed by atoms with E-state index in [0.29, 0.717) is 0 Å². The number of aromatic amines is 1. The molecule has 0 spiro atoms. The van der Waals surface area contributed by atoms with Crippen molar-refractivity contribution in [2.24, 2.45) is 0 Å². The van der Waals surface area contributed by atoms with Gasteiger partial charge in [0, 0.05) is 27.8 Å². The molecule has 0 bridgehead atoms. The number of hydrogen-bond acceptors (Lipinski definition) is 2. The Labute approximate surface area is 167 Å². The maximum atomic E-state index is 11.0. The van der Waals surface area contributed by atoms with E-state index in [1.807, 2.05) is 0 Å². The molecular weight excluding hydrogens is 346 g/mol. The molecule has 0 amide bonds. The highest BCUT2D eigenvalue weighted by molar-refractivity contribution is 5.85. The van der Waals surface area contributed by atoms with Crippen LogP contribution in [0, 0.1) is 27.7 Å². The molecule has 4 nitrogen and oxygen atoms in total. The van der Waals surface area contributed by atoms with Crippen LogP contribution >= 0.6 is 0 Å². The van der Waals surface area contributed by atoms with Gasteiger partial charge in [-0.2, -0.15) is 0 Å². The predicted molar refractivity (Wildman–Crippen MR) is 116 cm³/mol. The molecule has 1 saturated heterocycles. The van der Waals surface area contributed by atoms with Crippen LogP contribution in [0.25, 0.3) is 10.9 Å². The number of rotatable bonds is 4. The lowest BCUT2D eigenvalue weighted by atomic mass is 10.0. The number of piperazine rings is 1. The molecule has 2 heterocycles. The Morgan fingerprint density at radius 1 is 1.07 bits per heavy atom. The van der Waals surface area contributed by atoms with E-state index < -0.39 is 6.10 Å². The van der Waals surface area contributed by atoms with E-state index in [2.05, 4.69) is 74.0 Å². The largest absolute Gasteiger partial charge is 0.382 e. The lowest BCUT2D eigenvalue weighted by Crippen LogP contribution is -3.15. The van der Waals surface area contributed by atoms with Crippen LogP contribution in [-0.4, -0.2) is 42.8 Å². The first-order valence-corrected chi connectivity index (χ1v) is 10.4. The van der Waals surface area contributed by atoms with E-state index in [4.69, 9.17) is 0 Å². The number of aliphatic hydroxyl groups is 1. The molecule has 0 aliphatic carbocycles. The highest BCUT2D eigenvalue weighted by Crippen LogP contribution is 2.28. The first kappa shape index (κ1) is 19.0. The average molecular weight is 379 g/mol. The number of hydrogen-bond donors (Lipinski definition) is 3. The number of quaternary nitrogens is 1. The Balaban J connectivity index is 1.44. The number of nitrogens with zero attached hydrogens (tertiary/aromatic N) is 1. The van der Waals surface area contributed by atoms with Crippen molar-refractivity contribution in [3.05, 3.63) is 64.3 Å². The number of aliphatic hydroxyl groups excluding tert-OH is 1. The fourth-order valence-electron chi connectivity index (χ4n) is 4.62. The average Bonchev–Trinajstić information content (AvgIpc) is 2.99. The summed E-state index contributed by atoms with van der Waals surface area (Å²) in [5.41, 5.74) is 8.62. The van der Waals surface area contributed by atoms with E-state index in [1.54, 1.807) is 0 Å². The van der Waals surface area contributed by atoms with Crippen molar-refractivity contribution in [3.63, 3.8) is 0 Å². The molecule has 3 N–H and O–H groups in total. The summed E-state index contributed by atoms with van der Waals surface area (Å²) in [7, 11) is 0. The number of aryl methyl sites for hydroxylation is 3. The van der Waals surface area contributed by atoms with Crippen LogP contribution in [0.3, 0.4) is 0 Å². The van der Waals surface area contributed by atoms with Crippen LogP contribution in [0.4, 0.5) is 5.69 Å². The Kier molecular flexibility index (Phi) is 5.17. The fraction of sp³-hybridized carbons (Fsp3) is 0.417. The minimum absolute atomic E-state index is 0.432. The van der Waals surface area contributed by atoms with Gasteiger partial charge in [0.1, 0.15) is 12.6 Å². The summed E-state index contributed by atoms with van der Waals surface area (Å²) in [5.74, 6) is 0. The maximum absolute atomic E-state index is 11.0. The summed E-state index contributed by atoms with van der Waals surface area (Å²) in [6, 6.07) is 13.0. The Morgan fingerprint density at radius 3 is 2.57 bits per heavy atom. The molecule has 4 heteroatoms. The summed E-state index contributed by atoms with van der Waals surface area (Å²) in [4.78, 5) is 7.43. The first-order chi connectivity index (χ1) is 13.4. The topological polar surface area (TPSA) is 43.7 Å². The molecule has 3 aromatic rings. The summed E-state index contributed by atoms with van der Waals surface area (Å²) in [5, 5.41) is 12.2. The lowest BCUT2D eigenvalue weighted by Gasteiger charge is -2.35. The number of H-pyrrole nitrogens is 1. The third-order valence-electron chi connectivity index (χ3n) is 6.39. The van der Waals surface area contributed by atoms with Crippen molar-refractivity contribution in [2.45, 2.75) is 33.8 Å². The molecule has 28 heavy (non-hydrogen) atoms. The lowest BCUT2D eigenvalue weighted by molar-refractivity contribution is -0.904. The zero-order valence-corrected chi connectivity index (χ0v) is 17.5. The second-order valence-electron chi connectivity index (χ2n) is 8.39. The summed E-state index contributed by atoms with van der Waals surface area (Å²) < 4.78 is 0. The molecule has 0 saturated carbocycles. The predicted octanol–water partition coefficient (Wildman–Crippen LogP) is 2.84. The van der Waals surface area contributed by atoms with Crippen molar-refractivity contribution < 1.29 is 10.0 Å². The van der Waals surface area contributed by atoms with E-state index in [1.165, 1.54) is 27.3 Å². The molecule has 1 atom stereocenters. The van der Waals surface area contributed by atoms with Crippen LogP contribution in [0.15, 0.2) is 36.4 Å². The van der Waals surface area contributed by atoms with Crippen molar-refractivity contribution >= 4 is 16.6 Å². The molecule has 1 aromatic heterocycles. The van der Waals surface area contributed by atoms with Gasteiger partial charge in [-0.25, -0.2) is 0 Å². The third-order valence-corrected chi connectivity index (χ3v) is 6.39. The van der Waals surface area contributed by atoms with Crippen LogP contribution in [0.5, 0.6) is 0 Å². The Bertz CT molecular complexity index is 983. The van der Waals surface area contributed by atoms with Gasteiger partial charge in [0.15, 0.2) is 0 Å². The van der Waals surface area contributed by atoms with Crippen LogP contribution in [-0.2, 0) is 0 Å². The highest BCUT2D eigenvalue weighted by Gasteiger charge is 2.26. The number of anilines is 1. The zero-order chi connectivity index (χ0) is 19.8. The Hall–Kier alpha value is -2.30. The summed E-state index contributed by atoms with van der Waals surface area (Å²) in [6.45, 7) is 13.5. The standard InChI is InChI=1S/C24H31N3O/c1-16-8-9-20-21(14-16)25-19(4)24(20)23(28)15-26-10-12-27(13-11-26)22-7-5-6-17(2)18(22)3/h5-9,14,23,25,28H,10-13,15H2,1-4H3/p+1/t23-/m1/s1. The second-order valence-corrected chi connectivity index (χ2v) is 8.39. The van der Waals surface area contributed by atoms with Crippen molar-refractivity contribution in [1.82, 2.24) is 4.98 Å². The molecule has 148 valence electrons. The number of nitrogens with one attached hydrogen (secondary N) is 2. The van der Waals surface area contributed by atoms with E-state index >= 15 is 0 Å². The minimum Gasteiger partial charge on any atom is -0.382 e. The molecule has 4 rings (SSSR count). The summed E-state index contributed by atoms with van der Waals surface area (Å²) >= 11 is 0. The van der Waals surface area contributed by atoms with Gasteiger partial charge < -0.3 is 19.9 Å². The fourth-order valence-corrected chi connectivity index (χ4v) is 4.62. The molecule has 0 radical (unpaired) electrons. The number of fused-ring (bicyclic) bond motifs is 1. The molecule has 1 aliphatic heterocycles. The maximum Gasteiger partial charge on any atom is 0.130 e. The van der Waals surface area contributed by atoms with E-state index in [0.717, 1.165) is 54.9 Å². The van der Waals surface area contributed by atoms with Crippen LogP contribution in [0.2, 0.25) is 0 Å². The van der Waals surface area contributed by atoms with Gasteiger partial charge in [0.05, 0.1) is 26.2 Å². The molecule has 2 aromatic carbocycles. The van der Waals surface area contributed by atoms with Gasteiger partial charge >= 0.3 is 0 Å². The molecule has 0 unspecified atom stereocenters. The number of benzene rings is 2. The van der Waals surface area contributed by atoms with Gasteiger partial charge in [-0.1, -0.05) is 24.3 Å². The van der Waals surface area contributed by atoms with E-state index in [-0.39, 0.29) is 0 Å². The Morgan fingerprint density at radius 2 is 1.82 bits per heavy atom. The van der Waals surface area contributed by atoms with Gasteiger partial charge in [-0.3, -0.25) is 0 Å². The minimum atomic E-state index is -0.432. The third kappa shape index (κ3) is 3.54. The number of aromatic nitrogens is 1. The van der Waals surface area contributed by atoms with Crippen LogP contribution in [0.1, 0.15) is 34.1 Å². The van der Waals surface area contributed by atoms with Crippen molar-refractivity contribution in [2.75, 3.05) is 37.6 Å². The monoisotopic (exact) mass is 378 g/mol. The van der Waals surface area contributed by atoms with Crippen LogP contribution < -0.4 is 9.80 Å². The smallest absolute Gasteiger partial charge is 0.130 e. The van der Waals surface area contributed by atoms with Gasteiger partial charge in [0.2, 0.25) is 0 Å². The van der Waals surface area contributed by atoms with Crippen molar-refractivity contribution in [1.29, 1.82) is 0 Å².